The largest absolute Gasteiger partial charge is 0.330 e. The topological polar surface area (TPSA) is 29.3 Å². The molecule has 1 heterocycles. The first-order chi connectivity index (χ1) is 6.63. The van der Waals surface area contributed by atoms with Crippen LogP contribution < -0.4 is 5.73 Å². The van der Waals surface area contributed by atoms with Crippen LogP contribution in [0, 0.1) is 0 Å². The highest BCUT2D eigenvalue weighted by atomic mass is 79.9. The van der Waals surface area contributed by atoms with Crippen molar-refractivity contribution in [2.75, 3.05) is 13.6 Å². The number of nitrogens with zero attached hydrogens (tertiary/aromatic N) is 1. The Morgan fingerprint density at radius 1 is 1.64 bits per heavy atom. The molecule has 0 spiro atoms. The second-order valence-electron chi connectivity index (χ2n) is 3.57. The Labute approximate surface area is 98.2 Å². The van der Waals surface area contributed by atoms with Gasteiger partial charge in [0, 0.05) is 27.3 Å². The fourth-order valence-corrected chi connectivity index (χ4v) is 2.81. The van der Waals surface area contributed by atoms with Gasteiger partial charge in [0.1, 0.15) is 0 Å². The number of hydrogen-bond acceptors (Lipinski definition) is 3. The van der Waals surface area contributed by atoms with Gasteiger partial charge < -0.3 is 5.73 Å². The molecule has 0 aliphatic heterocycles. The van der Waals surface area contributed by atoms with Gasteiger partial charge in [-0.05, 0) is 48.9 Å². The molecule has 0 saturated carbocycles. The van der Waals surface area contributed by atoms with E-state index in [9.17, 15) is 0 Å². The van der Waals surface area contributed by atoms with E-state index in [0.29, 0.717) is 6.04 Å². The van der Waals surface area contributed by atoms with E-state index in [1.165, 1.54) is 9.35 Å². The molecule has 0 bridgehead atoms. The summed E-state index contributed by atoms with van der Waals surface area (Å²) >= 11 is 5.26. The van der Waals surface area contributed by atoms with E-state index in [1.54, 1.807) is 11.3 Å². The van der Waals surface area contributed by atoms with Crippen molar-refractivity contribution >= 4 is 27.3 Å². The summed E-state index contributed by atoms with van der Waals surface area (Å²) in [5.41, 5.74) is 5.53. The Balaban J connectivity index is 2.43. The van der Waals surface area contributed by atoms with Crippen LogP contribution in [0.1, 0.15) is 18.2 Å². The van der Waals surface area contributed by atoms with Crippen LogP contribution in [0.5, 0.6) is 0 Å². The first kappa shape index (κ1) is 12.2. The highest BCUT2D eigenvalue weighted by Gasteiger charge is 2.09. The third kappa shape index (κ3) is 3.69. The van der Waals surface area contributed by atoms with Gasteiger partial charge in [0.05, 0.1) is 0 Å². The van der Waals surface area contributed by atoms with Crippen LogP contribution in [0.3, 0.4) is 0 Å². The molecular weight excluding hydrogens is 260 g/mol. The van der Waals surface area contributed by atoms with Gasteiger partial charge >= 0.3 is 0 Å². The minimum atomic E-state index is 0.556. The minimum absolute atomic E-state index is 0.556. The van der Waals surface area contributed by atoms with Crippen LogP contribution in [-0.2, 0) is 6.54 Å². The van der Waals surface area contributed by atoms with Crippen molar-refractivity contribution in [1.82, 2.24) is 4.90 Å². The van der Waals surface area contributed by atoms with Crippen molar-refractivity contribution < 1.29 is 0 Å². The Kier molecular flexibility index (Phi) is 5.09. The van der Waals surface area contributed by atoms with Crippen LogP contribution >= 0.6 is 27.3 Å². The Morgan fingerprint density at radius 2 is 2.36 bits per heavy atom. The normalized spacial score (nSPS) is 13.5. The highest BCUT2D eigenvalue weighted by molar-refractivity contribution is 9.10. The monoisotopic (exact) mass is 276 g/mol. The zero-order chi connectivity index (χ0) is 10.6. The summed E-state index contributed by atoms with van der Waals surface area (Å²) in [6.45, 7) is 3.99. The van der Waals surface area contributed by atoms with Crippen molar-refractivity contribution in [3.05, 3.63) is 20.8 Å². The predicted octanol–water partition coefficient (Wildman–Crippen LogP) is 2.68. The molecule has 1 rings (SSSR count). The summed E-state index contributed by atoms with van der Waals surface area (Å²) in [5, 5.41) is 2.12. The Bertz CT molecular complexity index is 275. The average molecular weight is 277 g/mol. The fourth-order valence-electron chi connectivity index (χ4n) is 1.30. The van der Waals surface area contributed by atoms with E-state index < -0.39 is 0 Å². The third-order valence-corrected chi connectivity index (χ3v) is 4.05. The van der Waals surface area contributed by atoms with E-state index in [2.05, 4.69) is 46.2 Å². The van der Waals surface area contributed by atoms with E-state index in [0.717, 1.165) is 19.5 Å². The van der Waals surface area contributed by atoms with Crippen LogP contribution in [0.4, 0.5) is 0 Å². The second-order valence-corrected chi connectivity index (χ2v) is 5.48. The lowest BCUT2D eigenvalue weighted by molar-refractivity contribution is 0.242. The SMILES string of the molecule is CC(CCN)N(C)Cc1cc(Br)cs1. The molecule has 14 heavy (non-hydrogen) atoms. The quantitative estimate of drug-likeness (QED) is 0.896. The molecule has 1 aromatic heterocycles. The number of thiophene rings is 1. The second kappa shape index (κ2) is 5.85. The lowest BCUT2D eigenvalue weighted by Crippen LogP contribution is -2.30. The first-order valence-corrected chi connectivity index (χ1v) is 6.44. The van der Waals surface area contributed by atoms with Crippen molar-refractivity contribution in [3.8, 4) is 0 Å². The molecule has 1 aromatic rings. The molecule has 80 valence electrons. The molecule has 0 aliphatic rings. The van der Waals surface area contributed by atoms with Crippen LogP contribution in [0.2, 0.25) is 0 Å². The Hall–Kier alpha value is 0.1000. The van der Waals surface area contributed by atoms with Gasteiger partial charge in [-0.3, -0.25) is 4.90 Å². The lowest BCUT2D eigenvalue weighted by atomic mass is 10.2. The van der Waals surface area contributed by atoms with Crippen LogP contribution in [-0.4, -0.2) is 24.5 Å². The summed E-state index contributed by atoms with van der Waals surface area (Å²) < 4.78 is 1.18. The van der Waals surface area contributed by atoms with Gasteiger partial charge in [0.2, 0.25) is 0 Å². The van der Waals surface area contributed by atoms with Gasteiger partial charge in [-0.25, -0.2) is 0 Å². The van der Waals surface area contributed by atoms with E-state index in [4.69, 9.17) is 5.73 Å². The minimum Gasteiger partial charge on any atom is -0.330 e. The molecule has 1 unspecified atom stereocenters. The summed E-state index contributed by atoms with van der Waals surface area (Å²) in [4.78, 5) is 3.73. The smallest absolute Gasteiger partial charge is 0.0328 e. The molecule has 2 nitrogen and oxygen atoms in total. The predicted molar refractivity (Wildman–Crippen MR) is 66.6 cm³/mol. The molecule has 0 radical (unpaired) electrons. The summed E-state index contributed by atoms with van der Waals surface area (Å²) in [5.74, 6) is 0. The number of nitrogens with two attached hydrogens (primary N) is 1. The lowest BCUT2D eigenvalue weighted by Gasteiger charge is -2.23. The number of hydrogen-bond donors (Lipinski definition) is 1. The van der Waals surface area contributed by atoms with Gasteiger partial charge in [0.15, 0.2) is 0 Å². The van der Waals surface area contributed by atoms with E-state index in [-0.39, 0.29) is 0 Å². The van der Waals surface area contributed by atoms with Crippen LogP contribution in [0.15, 0.2) is 15.9 Å². The van der Waals surface area contributed by atoms with Crippen molar-refractivity contribution in [3.63, 3.8) is 0 Å². The molecule has 0 fully saturated rings. The molecule has 0 aliphatic carbocycles. The van der Waals surface area contributed by atoms with E-state index >= 15 is 0 Å². The summed E-state index contributed by atoms with van der Waals surface area (Å²) in [7, 11) is 2.15. The standard InChI is InChI=1S/C10H17BrN2S/c1-8(3-4-12)13(2)6-10-5-9(11)7-14-10/h5,7-8H,3-4,6,12H2,1-2H3. The van der Waals surface area contributed by atoms with Gasteiger partial charge in [-0.15, -0.1) is 11.3 Å². The summed E-state index contributed by atoms with van der Waals surface area (Å²) in [6.07, 6.45) is 1.06. The van der Waals surface area contributed by atoms with Gasteiger partial charge in [-0.2, -0.15) is 0 Å². The van der Waals surface area contributed by atoms with E-state index in [1.807, 2.05) is 0 Å². The summed E-state index contributed by atoms with van der Waals surface area (Å²) in [6, 6.07) is 2.73. The molecule has 0 amide bonds. The molecule has 4 heteroatoms. The van der Waals surface area contributed by atoms with Gasteiger partial charge in [0.25, 0.3) is 0 Å². The maximum absolute atomic E-state index is 5.53. The number of halogens is 1. The van der Waals surface area contributed by atoms with Crippen molar-refractivity contribution in [2.45, 2.75) is 25.9 Å². The van der Waals surface area contributed by atoms with Crippen molar-refractivity contribution in [1.29, 1.82) is 0 Å². The zero-order valence-electron chi connectivity index (χ0n) is 8.66. The molecule has 0 saturated heterocycles. The Morgan fingerprint density at radius 3 is 2.86 bits per heavy atom. The van der Waals surface area contributed by atoms with Crippen molar-refractivity contribution in [2.24, 2.45) is 5.73 Å². The molecule has 1 atom stereocenters. The highest BCUT2D eigenvalue weighted by Crippen LogP contribution is 2.21. The zero-order valence-corrected chi connectivity index (χ0v) is 11.1. The molecular formula is C10H17BrN2S. The first-order valence-electron chi connectivity index (χ1n) is 4.76. The molecule has 0 aromatic carbocycles. The average Bonchev–Trinajstić information content (AvgIpc) is 2.51. The third-order valence-electron chi connectivity index (χ3n) is 2.36. The van der Waals surface area contributed by atoms with Gasteiger partial charge in [-0.1, -0.05) is 0 Å². The maximum atomic E-state index is 5.53. The maximum Gasteiger partial charge on any atom is 0.0328 e. The number of rotatable bonds is 5. The molecule has 2 N–H and O–H groups in total. The fraction of sp³-hybridized carbons (Fsp3) is 0.600. The van der Waals surface area contributed by atoms with Crippen LogP contribution in [0.25, 0.3) is 0 Å².